The average Bonchev–Trinajstić information content (AvgIpc) is 2.04. The quantitative estimate of drug-likeness (QED) is 0.518. The molecule has 3 nitrogen and oxygen atoms in total. The van der Waals surface area contributed by atoms with Crippen molar-refractivity contribution < 1.29 is 9.90 Å². The first kappa shape index (κ1) is 11.6. The van der Waals surface area contributed by atoms with E-state index in [0.717, 1.165) is 12.2 Å². The maximum Gasteiger partial charge on any atom is 0.417 e. The van der Waals surface area contributed by atoms with Crippen molar-refractivity contribution in [2.75, 3.05) is 12.3 Å². The van der Waals surface area contributed by atoms with Crippen molar-refractivity contribution in [1.29, 1.82) is 0 Å². The highest BCUT2D eigenvalue weighted by Gasteiger charge is 2.08. The average molecular weight is 191 g/mol. The Morgan fingerprint density at radius 1 is 1.42 bits per heavy atom. The SMILES string of the molecule is CCCCCSN(CC)C(=O)O. The number of hydrogen-bond donors (Lipinski definition) is 1. The zero-order valence-corrected chi connectivity index (χ0v) is 8.56. The summed E-state index contributed by atoms with van der Waals surface area (Å²) >= 11 is 1.40. The minimum Gasteiger partial charge on any atom is -0.464 e. The number of amides is 1. The first-order valence-corrected chi connectivity index (χ1v) is 5.30. The molecular formula is C8H17NO2S. The van der Waals surface area contributed by atoms with Crippen molar-refractivity contribution >= 4 is 18.0 Å². The number of unbranched alkanes of at least 4 members (excludes halogenated alkanes) is 2. The van der Waals surface area contributed by atoms with Gasteiger partial charge in [-0.05, 0) is 25.3 Å². The van der Waals surface area contributed by atoms with Crippen molar-refractivity contribution in [2.45, 2.75) is 33.1 Å². The molecule has 0 aromatic carbocycles. The maximum absolute atomic E-state index is 10.5. The molecule has 1 N–H and O–H groups in total. The minimum absolute atomic E-state index is 0.562. The van der Waals surface area contributed by atoms with Crippen LogP contribution in [0.25, 0.3) is 0 Å². The standard InChI is InChI=1S/C8H17NO2S/c1-3-5-6-7-12-9(4-2)8(10)11/h3-7H2,1-2H3,(H,10,11). The zero-order valence-electron chi connectivity index (χ0n) is 7.75. The number of carboxylic acid groups (broad SMARTS) is 1. The van der Waals surface area contributed by atoms with Crippen LogP contribution < -0.4 is 0 Å². The van der Waals surface area contributed by atoms with Gasteiger partial charge in [0.05, 0.1) is 0 Å². The van der Waals surface area contributed by atoms with Crippen LogP contribution in [0.5, 0.6) is 0 Å². The molecule has 0 saturated carbocycles. The Balaban J connectivity index is 3.38. The van der Waals surface area contributed by atoms with Gasteiger partial charge in [-0.25, -0.2) is 4.79 Å². The highest BCUT2D eigenvalue weighted by Crippen LogP contribution is 2.12. The van der Waals surface area contributed by atoms with Gasteiger partial charge < -0.3 is 5.11 Å². The van der Waals surface area contributed by atoms with Gasteiger partial charge in [0.15, 0.2) is 0 Å². The molecule has 0 atom stereocenters. The van der Waals surface area contributed by atoms with Crippen LogP contribution in [0.2, 0.25) is 0 Å². The summed E-state index contributed by atoms with van der Waals surface area (Å²) in [5, 5.41) is 8.63. The van der Waals surface area contributed by atoms with Crippen molar-refractivity contribution in [3.05, 3.63) is 0 Å². The van der Waals surface area contributed by atoms with Gasteiger partial charge in [0.2, 0.25) is 0 Å². The third kappa shape index (κ3) is 5.29. The first-order valence-electron chi connectivity index (χ1n) is 4.35. The summed E-state index contributed by atoms with van der Waals surface area (Å²) in [5.41, 5.74) is 0. The fraction of sp³-hybridized carbons (Fsp3) is 0.875. The minimum atomic E-state index is -0.834. The van der Waals surface area contributed by atoms with E-state index >= 15 is 0 Å². The van der Waals surface area contributed by atoms with Gasteiger partial charge >= 0.3 is 6.09 Å². The Morgan fingerprint density at radius 2 is 2.08 bits per heavy atom. The van der Waals surface area contributed by atoms with E-state index in [1.54, 1.807) is 0 Å². The van der Waals surface area contributed by atoms with E-state index in [9.17, 15) is 4.79 Å². The number of hydrogen-bond acceptors (Lipinski definition) is 2. The molecule has 0 aromatic heterocycles. The molecule has 0 unspecified atom stereocenters. The van der Waals surface area contributed by atoms with E-state index < -0.39 is 6.09 Å². The molecule has 0 heterocycles. The lowest BCUT2D eigenvalue weighted by molar-refractivity contribution is 0.176. The number of rotatable bonds is 6. The molecule has 0 aliphatic heterocycles. The second-order valence-corrected chi connectivity index (χ2v) is 3.62. The van der Waals surface area contributed by atoms with E-state index in [-0.39, 0.29) is 0 Å². The molecule has 12 heavy (non-hydrogen) atoms. The third-order valence-electron chi connectivity index (χ3n) is 1.50. The van der Waals surface area contributed by atoms with Crippen molar-refractivity contribution in [3.8, 4) is 0 Å². The smallest absolute Gasteiger partial charge is 0.417 e. The molecule has 0 spiro atoms. The van der Waals surface area contributed by atoms with E-state index in [0.29, 0.717) is 6.54 Å². The Bertz CT molecular complexity index is 130. The molecule has 0 aliphatic carbocycles. The molecule has 4 heteroatoms. The van der Waals surface area contributed by atoms with Gasteiger partial charge in [0.1, 0.15) is 0 Å². The second kappa shape index (κ2) is 7.28. The summed E-state index contributed by atoms with van der Waals surface area (Å²) in [6.45, 7) is 4.55. The summed E-state index contributed by atoms with van der Waals surface area (Å²) < 4.78 is 1.37. The fourth-order valence-corrected chi connectivity index (χ4v) is 1.66. The Morgan fingerprint density at radius 3 is 2.50 bits per heavy atom. The molecule has 0 radical (unpaired) electrons. The summed E-state index contributed by atoms with van der Waals surface area (Å²) in [6.07, 6.45) is 2.63. The van der Waals surface area contributed by atoms with Crippen molar-refractivity contribution in [1.82, 2.24) is 4.31 Å². The second-order valence-electron chi connectivity index (χ2n) is 2.52. The summed E-state index contributed by atoms with van der Waals surface area (Å²) in [4.78, 5) is 10.5. The Kier molecular flexibility index (Phi) is 7.05. The molecule has 0 saturated heterocycles. The zero-order chi connectivity index (χ0) is 9.40. The molecular weight excluding hydrogens is 174 g/mol. The largest absolute Gasteiger partial charge is 0.464 e. The van der Waals surface area contributed by atoms with E-state index in [1.807, 2.05) is 6.92 Å². The lowest BCUT2D eigenvalue weighted by Gasteiger charge is -2.14. The van der Waals surface area contributed by atoms with E-state index in [2.05, 4.69) is 6.92 Å². The lowest BCUT2D eigenvalue weighted by atomic mass is 10.3. The van der Waals surface area contributed by atoms with E-state index in [1.165, 1.54) is 29.1 Å². The summed E-state index contributed by atoms with van der Waals surface area (Å²) in [6, 6.07) is 0. The molecule has 0 fully saturated rings. The maximum atomic E-state index is 10.5. The topological polar surface area (TPSA) is 40.5 Å². The van der Waals surface area contributed by atoms with Crippen LogP contribution in [-0.4, -0.2) is 27.8 Å². The van der Waals surface area contributed by atoms with Crippen LogP contribution in [0.1, 0.15) is 33.1 Å². The van der Waals surface area contributed by atoms with Gasteiger partial charge in [-0.1, -0.05) is 19.8 Å². The van der Waals surface area contributed by atoms with Crippen molar-refractivity contribution in [3.63, 3.8) is 0 Å². The summed E-state index contributed by atoms with van der Waals surface area (Å²) in [5.74, 6) is 0.911. The van der Waals surface area contributed by atoms with Crippen LogP contribution >= 0.6 is 11.9 Å². The highest BCUT2D eigenvalue weighted by molar-refractivity contribution is 7.97. The molecule has 72 valence electrons. The first-order chi connectivity index (χ1) is 5.72. The van der Waals surface area contributed by atoms with Gasteiger partial charge in [0, 0.05) is 12.3 Å². The van der Waals surface area contributed by atoms with Crippen LogP contribution in [0, 0.1) is 0 Å². The van der Waals surface area contributed by atoms with Crippen LogP contribution in [0.3, 0.4) is 0 Å². The molecule has 0 aliphatic rings. The lowest BCUT2D eigenvalue weighted by Crippen LogP contribution is -2.22. The number of carbonyl (C=O) groups is 1. The Labute approximate surface area is 78.3 Å². The monoisotopic (exact) mass is 191 g/mol. The van der Waals surface area contributed by atoms with Crippen LogP contribution in [-0.2, 0) is 0 Å². The van der Waals surface area contributed by atoms with Gasteiger partial charge in [-0.2, -0.15) is 0 Å². The molecule has 1 amide bonds. The van der Waals surface area contributed by atoms with Crippen LogP contribution in [0.4, 0.5) is 4.79 Å². The molecule has 0 rings (SSSR count). The molecule has 0 bridgehead atoms. The molecule has 0 aromatic rings. The van der Waals surface area contributed by atoms with Gasteiger partial charge in [0.25, 0.3) is 0 Å². The van der Waals surface area contributed by atoms with Gasteiger partial charge in [-0.3, -0.25) is 4.31 Å². The predicted octanol–water partition coefficient (Wildman–Crippen LogP) is 2.82. The fourth-order valence-electron chi connectivity index (χ4n) is 0.809. The van der Waals surface area contributed by atoms with E-state index in [4.69, 9.17) is 5.11 Å². The van der Waals surface area contributed by atoms with Crippen molar-refractivity contribution in [2.24, 2.45) is 0 Å². The third-order valence-corrected chi connectivity index (χ3v) is 2.69. The highest BCUT2D eigenvalue weighted by atomic mass is 32.2. The number of nitrogens with zero attached hydrogens (tertiary/aromatic N) is 1. The van der Waals surface area contributed by atoms with Gasteiger partial charge in [-0.15, -0.1) is 0 Å². The predicted molar refractivity (Wildman–Crippen MR) is 52.4 cm³/mol. The normalized spacial score (nSPS) is 9.83. The van der Waals surface area contributed by atoms with Crippen LogP contribution in [0.15, 0.2) is 0 Å². The summed E-state index contributed by atoms with van der Waals surface area (Å²) in [7, 11) is 0. The Hall–Kier alpha value is -0.380.